The molecule has 1 amide bonds. The average Bonchev–Trinajstić information content (AvgIpc) is 2.77. The molecule has 2 N–H and O–H groups in total. The highest BCUT2D eigenvalue weighted by Gasteiger charge is 2.08. The van der Waals surface area contributed by atoms with Crippen molar-refractivity contribution >= 4 is 17.5 Å². The van der Waals surface area contributed by atoms with Crippen molar-refractivity contribution in [3.63, 3.8) is 0 Å². The molecule has 0 aliphatic carbocycles. The Hall–Kier alpha value is -3.32. The summed E-state index contributed by atoms with van der Waals surface area (Å²) in [6, 6.07) is 16.5. The molecule has 0 saturated carbocycles. The number of rotatable bonds is 0. The lowest BCUT2D eigenvalue weighted by atomic mass is 10.1. The Labute approximate surface area is 183 Å². The number of carbonyl (C=O) groups excluding carboxylic acids is 1. The van der Waals surface area contributed by atoms with Gasteiger partial charge < -0.3 is 15.5 Å². The van der Waals surface area contributed by atoms with Crippen LogP contribution in [0.5, 0.6) is 0 Å². The Balaban J connectivity index is 1.60. The van der Waals surface area contributed by atoms with Gasteiger partial charge in [-0.05, 0) is 62.2 Å². The zero-order valence-corrected chi connectivity index (χ0v) is 17.8. The molecule has 31 heavy (non-hydrogen) atoms. The Morgan fingerprint density at radius 3 is 2.77 bits per heavy atom. The Morgan fingerprint density at radius 2 is 1.84 bits per heavy atom. The van der Waals surface area contributed by atoms with Gasteiger partial charge in [-0.3, -0.25) is 4.79 Å². The Kier molecular flexibility index (Phi) is 6.84. The van der Waals surface area contributed by atoms with Crippen LogP contribution in [0.3, 0.4) is 0 Å². The van der Waals surface area contributed by atoms with E-state index in [9.17, 15) is 4.79 Å². The third-order valence-corrected chi connectivity index (χ3v) is 5.30. The number of nitrogens with one attached hydrogen (secondary N) is 2. The van der Waals surface area contributed by atoms with Crippen molar-refractivity contribution in [3.8, 4) is 11.4 Å². The molecule has 0 unspecified atom stereocenters. The molecule has 2 heterocycles. The van der Waals surface area contributed by atoms with Crippen LogP contribution in [0.25, 0.3) is 11.4 Å². The fourth-order valence-electron chi connectivity index (χ4n) is 3.75. The first-order valence-electron chi connectivity index (χ1n) is 10.8. The second-order valence-corrected chi connectivity index (χ2v) is 7.95. The topological polar surface area (TPSA) is 83.0 Å². The van der Waals surface area contributed by atoms with Gasteiger partial charge in [-0.15, -0.1) is 0 Å². The van der Waals surface area contributed by atoms with E-state index in [4.69, 9.17) is 0 Å². The maximum Gasteiger partial charge on any atom is 0.230 e. The third-order valence-electron chi connectivity index (χ3n) is 5.30. The van der Waals surface area contributed by atoms with Crippen LogP contribution in [0.15, 0.2) is 54.9 Å². The molecular weight excluding hydrogens is 388 g/mol. The van der Waals surface area contributed by atoms with Gasteiger partial charge in [-0.2, -0.15) is 4.98 Å². The van der Waals surface area contributed by atoms with E-state index in [-0.39, 0.29) is 5.91 Å². The van der Waals surface area contributed by atoms with Gasteiger partial charge in [0, 0.05) is 30.8 Å². The minimum absolute atomic E-state index is 0.125. The summed E-state index contributed by atoms with van der Waals surface area (Å²) in [5, 5.41) is 6.34. The van der Waals surface area contributed by atoms with E-state index in [0.29, 0.717) is 24.7 Å². The summed E-state index contributed by atoms with van der Waals surface area (Å²) in [6.45, 7) is 2.37. The van der Waals surface area contributed by atoms with Crippen molar-refractivity contribution in [2.45, 2.75) is 32.2 Å². The maximum absolute atomic E-state index is 12.1. The van der Waals surface area contributed by atoms with Gasteiger partial charge in [-0.25, -0.2) is 9.97 Å². The predicted molar refractivity (Wildman–Crippen MR) is 122 cm³/mol. The first-order chi connectivity index (χ1) is 15.2. The van der Waals surface area contributed by atoms with Crippen LogP contribution in [0.4, 0.5) is 11.6 Å². The number of benzene rings is 2. The van der Waals surface area contributed by atoms with E-state index < -0.39 is 0 Å². The molecule has 0 saturated heterocycles. The van der Waals surface area contributed by atoms with Crippen molar-refractivity contribution in [3.05, 3.63) is 66.0 Å². The highest BCUT2D eigenvalue weighted by molar-refractivity contribution is 5.75. The monoisotopic (exact) mass is 416 g/mol. The number of fused-ring (bicyclic) bond motifs is 7. The minimum atomic E-state index is 0.125. The maximum atomic E-state index is 12.1. The largest absolute Gasteiger partial charge is 0.356 e. The molecule has 7 nitrogen and oxygen atoms in total. The molecule has 0 fully saturated rings. The fraction of sp³-hybridized carbons (Fsp3) is 0.333. The molecule has 1 aromatic heterocycles. The third kappa shape index (κ3) is 6.08. The molecule has 4 rings (SSSR count). The second-order valence-electron chi connectivity index (χ2n) is 7.95. The zero-order valence-electron chi connectivity index (χ0n) is 17.8. The van der Waals surface area contributed by atoms with Crippen LogP contribution in [-0.2, 0) is 17.8 Å². The molecule has 1 aliphatic heterocycles. The normalized spacial score (nSPS) is 16.1. The molecule has 160 valence electrons. The second kappa shape index (κ2) is 10.1. The van der Waals surface area contributed by atoms with E-state index in [1.54, 1.807) is 0 Å². The lowest BCUT2D eigenvalue weighted by molar-refractivity contribution is -0.121. The standard InChI is InChI=1S/C24H28N6O/c1-30-13-5-11-22(31)25-12-4-8-18-6-2-9-20(14-18)23-26-17-27-24(29-23)28-21-10-3-7-19(15-21)16-30/h2-3,6-7,9-10,14-15,17H,4-5,8,11-13,16H2,1H3,(H,25,31)(H,26,27,28,29). The van der Waals surface area contributed by atoms with Gasteiger partial charge in [0.1, 0.15) is 6.33 Å². The molecule has 0 radical (unpaired) electrons. The molecule has 7 heteroatoms. The summed E-state index contributed by atoms with van der Waals surface area (Å²) in [7, 11) is 2.08. The van der Waals surface area contributed by atoms with E-state index in [2.05, 4.69) is 61.8 Å². The molecule has 6 bridgehead atoms. The summed E-state index contributed by atoms with van der Waals surface area (Å²) >= 11 is 0. The predicted octanol–water partition coefficient (Wildman–Crippen LogP) is 3.56. The number of aryl methyl sites for hydroxylation is 1. The Morgan fingerprint density at radius 1 is 0.968 bits per heavy atom. The number of anilines is 2. The van der Waals surface area contributed by atoms with Gasteiger partial charge in [0.05, 0.1) is 0 Å². The summed E-state index contributed by atoms with van der Waals surface area (Å²) in [5.41, 5.74) is 4.28. The first kappa shape index (κ1) is 20.9. The first-order valence-corrected chi connectivity index (χ1v) is 10.8. The van der Waals surface area contributed by atoms with Crippen molar-refractivity contribution in [2.24, 2.45) is 0 Å². The van der Waals surface area contributed by atoms with Gasteiger partial charge >= 0.3 is 0 Å². The number of hydrogen-bond donors (Lipinski definition) is 2. The van der Waals surface area contributed by atoms with Crippen molar-refractivity contribution in [1.82, 2.24) is 25.2 Å². The quantitative estimate of drug-likeness (QED) is 0.583. The number of amides is 1. The highest BCUT2D eigenvalue weighted by Crippen LogP contribution is 2.20. The molecular formula is C24H28N6O. The highest BCUT2D eigenvalue weighted by atomic mass is 16.1. The van der Waals surface area contributed by atoms with Gasteiger partial charge in [0.2, 0.25) is 11.9 Å². The summed E-state index contributed by atoms with van der Waals surface area (Å²) in [4.78, 5) is 27.6. The lowest BCUT2D eigenvalue weighted by Gasteiger charge is -2.17. The lowest BCUT2D eigenvalue weighted by Crippen LogP contribution is -2.26. The fourth-order valence-corrected chi connectivity index (χ4v) is 3.75. The molecule has 0 atom stereocenters. The van der Waals surface area contributed by atoms with E-state index in [1.165, 1.54) is 17.5 Å². The molecule has 2 aromatic carbocycles. The Bertz CT molecular complexity index is 1040. The summed E-state index contributed by atoms with van der Waals surface area (Å²) in [5.74, 6) is 1.29. The van der Waals surface area contributed by atoms with Crippen LogP contribution in [0.2, 0.25) is 0 Å². The molecule has 1 aliphatic rings. The van der Waals surface area contributed by atoms with Crippen LogP contribution < -0.4 is 10.6 Å². The minimum Gasteiger partial charge on any atom is -0.356 e. The number of hydrogen-bond acceptors (Lipinski definition) is 6. The summed E-state index contributed by atoms with van der Waals surface area (Å²) < 4.78 is 0. The number of aromatic nitrogens is 3. The molecule has 3 aromatic rings. The van der Waals surface area contributed by atoms with Crippen LogP contribution in [0, 0.1) is 0 Å². The smallest absolute Gasteiger partial charge is 0.230 e. The molecule has 0 spiro atoms. The van der Waals surface area contributed by atoms with Crippen LogP contribution in [0.1, 0.15) is 30.4 Å². The van der Waals surface area contributed by atoms with Gasteiger partial charge in [-0.1, -0.05) is 30.3 Å². The van der Waals surface area contributed by atoms with Gasteiger partial charge in [0.25, 0.3) is 0 Å². The van der Waals surface area contributed by atoms with Crippen molar-refractivity contribution in [2.75, 3.05) is 25.5 Å². The van der Waals surface area contributed by atoms with Crippen LogP contribution >= 0.6 is 0 Å². The van der Waals surface area contributed by atoms with Crippen molar-refractivity contribution in [1.29, 1.82) is 0 Å². The SMILES string of the molecule is CN1CCCC(=O)NCCCc2cccc(c2)-c2ncnc(n2)Nc2cccc(c2)C1. The average molecular weight is 417 g/mol. The number of carbonyl (C=O) groups is 1. The number of nitrogens with zero attached hydrogens (tertiary/aromatic N) is 4. The summed E-state index contributed by atoms with van der Waals surface area (Å²) in [6.07, 6.45) is 4.72. The van der Waals surface area contributed by atoms with E-state index in [1.807, 2.05) is 24.3 Å². The zero-order chi connectivity index (χ0) is 21.5. The van der Waals surface area contributed by atoms with Crippen LogP contribution in [-0.4, -0.2) is 45.9 Å². The van der Waals surface area contributed by atoms with Crippen molar-refractivity contribution < 1.29 is 4.79 Å². The van der Waals surface area contributed by atoms with E-state index in [0.717, 1.165) is 43.6 Å². The van der Waals surface area contributed by atoms with E-state index >= 15 is 0 Å². The van der Waals surface area contributed by atoms with Gasteiger partial charge in [0.15, 0.2) is 5.82 Å².